The monoisotopic (exact) mass is 470 g/mol. The van der Waals surface area contributed by atoms with Crippen LogP contribution in [0.2, 0.25) is 0 Å². The summed E-state index contributed by atoms with van der Waals surface area (Å²) in [5.74, 6) is -0.425. The van der Waals surface area contributed by atoms with Crippen LogP contribution >= 0.6 is 31.9 Å². The number of esters is 1. The van der Waals surface area contributed by atoms with Crippen molar-refractivity contribution < 1.29 is 23.7 Å². The molecular formula is C16H12Br2N2O5. The minimum Gasteiger partial charge on any atom is -0.617 e. The lowest BCUT2D eigenvalue weighted by Gasteiger charge is -2.11. The van der Waals surface area contributed by atoms with Crippen molar-refractivity contribution in [3.05, 3.63) is 49.7 Å². The summed E-state index contributed by atoms with van der Waals surface area (Å²) in [5.41, 5.74) is 0.562. The summed E-state index contributed by atoms with van der Waals surface area (Å²) in [4.78, 5) is 11.5. The quantitative estimate of drug-likeness (QED) is 0.252. The fourth-order valence-electron chi connectivity index (χ4n) is 2.44. The molecule has 0 atom stereocenters. The summed E-state index contributed by atoms with van der Waals surface area (Å²) in [6.07, 6.45) is 0. The highest BCUT2D eigenvalue weighted by Crippen LogP contribution is 2.28. The number of benzene rings is 2. The molecule has 2 aromatic carbocycles. The third-order valence-corrected chi connectivity index (χ3v) is 5.35. The van der Waals surface area contributed by atoms with Crippen molar-refractivity contribution >= 4 is 59.9 Å². The van der Waals surface area contributed by atoms with E-state index in [2.05, 4.69) is 31.9 Å². The van der Waals surface area contributed by atoms with Crippen LogP contribution in [0.1, 0.15) is 6.92 Å². The number of para-hydroxylation sites is 1. The first kappa shape index (κ1) is 17.7. The maximum Gasteiger partial charge on any atom is 0.344 e. The van der Waals surface area contributed by atoms with Gasteiger partial charge in [0.15, 0.2) is 12.4 Å². The molecule has 0 aliphatic rings. The van der Waals surface area contributed by atoms with Gasteiger partial charge in [-0.3, -0.25) is 0 Å². The van der Waals surface area contributed by atoms with Crippen molar-refractivity contribution in [2.24, 2.45) is 0 Å². The smallest absolute Gasteiger partial charge is 0.344 e. The molecule has 0 bridgehead atoms. The zero-order valence-corrected chi connectivity index (χ0v) is 16.2. The van der Waals surface area contributed by atoms with Gasteiger partial charge in [-0.05, 0) is 44.8 Å². The molecule has 0 aliphatic heterocycles. The van der Waals surface area contributed by atoms with Crippen molar-refractivity contribution in [1.29, 1.82) is 0 Å². The van der Waals surface area contributed by atoms with E-state index in [1.54, 1.807) is 25.1 Å². The van der Waals surface area contributed by atoms with Crippen LogP contribution in [0.25, 0.3) is 22.1 Å². The summed E-state index contributed by atoms with van der Waals surface area (Å²) in [6.45, 7) is 1.56. The summed E-state index contributed by atoms with van der Waals surface area (Å²) in [5, 5.41) is 25.5. The molecule has 3 aromatic rings. The minimum atomic E-state index is -0.556. The van der Waals surface area contributed by atoms with Crippen LogP contribution in [0, 0.1) is 10.4 Å². The summed E-state index contributed by atoms with van der Waals surface area (Å²) in [6, 6.07) is 7.73. The van der Waals surface area contributed by atoms with Crippen molar-refractivity contribution in [2.75, 3.05) is 13.2 Å². The predicted molar refractivity (Wildman–Crippen MR) is 96.9 cm³/mol. The Kier molecular flexibility index (Phi) is 4.96. The molecule has 0 N–H and O–H groups in total. The van der Waals surface area contributed by atoms with Crippen LogP contribution in [0.5, 0.6) is 5.75 Å². The third kappa shape index (κ3) is 3.21. The summed E-state index contributed by atoms with van der Waals surface area (Å²) >= 11 is 6.64. The lowest BCUT2D eigenvalue weighted by atomic mass is 10.2. The van der Waals surface area contributed by atoms with Gasteiger partial charge in [0.05, 0.1) is 6.61 Å². The van der Waals surface area contributed by atoms with E-state index >= 15 is 0 Å². The van der Waals surface area contributed by atoms with E-state index in [1.807, 2.05) is 0 Å². The Morgan fingerprint density at radius 1 is 1.08 bits per heavy atom. The van der Waals surface area contributed by atoms with Gasteiger partial charge in [0, 0.05) is 27.1 Å². The van der Waals surface area contributed by atoms with Crippen LogP contribution < -0.4 is 14.2 Å². The van der Waals surface area contributed by atoms with E-state index in [1.165, 1.54) is 12.1 Å². The van der Waals surface area contributed by atoms with Gasteiger partial charge in [0.2, 0.25) is 0 Å². The molecule has 0 spiro atoms. The number of halogens is 2. The zero-order valence-electron chi connectivity index (χ0n) is 13.0. The van der Waals surface area contributed by atoms with Crippen molar-refractivity contribution in [1.82, 2.24) is 0 Å². The Balaban J connectivity index is 2.20. The Labute approximate surface area is 159 Å². The predicted octanol–water partition coefficient (Wildman–Crippen LogP) is 2.73. The number of hydrogen-bond acceptors (Lipinski definition) is 5. The van der Waals surface area contributed by atoms with Crippen LogP contribution in [0.15, 0.2) is 39.3 Å². The number of carbonyl (C=O) groups excluding carboxylic acids is 1. The fourth-order valence-corrected chi connectivity index (χ4v) is 3.10. The van der Waals surface area contributed by atoms with E-state index < -0.39 is 5.97 Å². The molecule has 130 valence electrons. The lowest BCUT2D eigenvalue weighted by Crippen LogP contribution is -2.39. The Morgan fingerprint density at radius 3 is 2.36 bits per heavy atom. The SMILES string of the molecule is CCOC(=O)COc1cccc2c1[n+]([O-])c1cc(Br)c(Br)cc1[n+]2[O-]. The fraction of sp³-hybridized carbons (Fsp3) is 0.188. The highest BCUT2D eigenvalue weighted by molar-refractivity contribution is 9.13. The Morgan fingerprint density at radius 2 is 1.72 bits per heavy atom. The van der Waals surface area contributed by atoms with Crippen LogP contribution in [0.3, 0.4) is 0 Å². The van der Waals surface area contributed by atoms with E-state index in [0.717, 1.165) is 0 Å². The summed E-state index contributed by atoms with van der Waals surface area (Å²) in [7, 11) is 0. The maximum atomic E-state index is 12.8. The molecule has 0 radical (unpaired) electrons. The Bertz CT molecular complexity index is 994. The molecule has 1 heterocycles. The van der Waals surface area contributed by atoms with Crippen LogP contribution in [0.4, 0.5) is 0 Å². The number of rotatable bonds is 4. The van der Waals surface area contributed by atoms with Crippen LogP contribution in [-0.2, 0) is 9.53 Å². The average molecular weight is 472 g/mol. The molecule has 3 rings (SSSR count). The summed E-state index contributed by atoms with van der Waals surface area (Å²) < 4.78 is 12.8. The van der Waals surface area contributed by atoms with Crippen molar-refractivity contribution in [3.63, 3.8) is 0 Å². The van der Waals surface area contributed by atoms with E-state index in [4.69, 9.17) is 9.47 Å². The Hall–Kier alpha value is -2.13. The molecule has 0 saturated heterocycles. The molecule has 1 aromatic heterocycles. The first-order valence-electron chi connectivity index (χ1n) is 7.29. The first-order chi connectivity index (χ1) is 11.9. The number of carbonyl (C=O) groups is 1. The largest absolute Gasteiger partial charge is 0.617 e. The molecule has 7 nitrogen and oxygen atoms in total. The van der Waals surface area contributed by atoms with E-state index in [-0.39, 0.29) is 41.0 Å². The number of ether oxygens (including phenoxy) is 2. The second-order valence-corrected chi connectivity index (χ2v) is 6.77. The van der Waals surface area contributed by atoms with Gasteiger partial charge in [-0.2, -0.15) is 9.46 Å². The molecule has 0 fully saturated rings. The molecule has 9 heteroatoms. The topological polar surface area (TPSA) is 89.4 Å². The maximum absolute atomic E-state index is 12.8. The highest BCUT2D eigenvalue weighted by Gasteiger charge is 2.26. The average Bonchev–Trinajstić information content (AvgIpc) is 2.59. The molecule has 25 heavy (non-hydrogen) atoms. The zero-order chi connectivity index (χ0) is 18.1. The van der Waals surface area contributed by atoms with Gasteiger partial charge in [0.1, 0.15) is 0 Å². The molecule has 0 saturated carbocycles. The van der Waals surface area contributed by atoms with Crippen molar-refractivity contribution in [2.45, 2.75) is 6.92 Å². The van der Waals surface area contributed by atoms with Gasteiger partial charge in [-0.1, -0.05) is 6.07 Å². The van der Waals surface area contributed by atoms with E-state index in [0.29, 0.717) is 18.4 Å². The molecular weight excluding hydrogens is 460 g/mol. The normalized spacial score (nSPS) is 11.0. The number of nitrogens with zero attached hydrogens (tertiary/aromatic N) is 2. The van der Waals surface area contributed by atoms with Crippen molar-refractivity contribution in [3.8, 4) is 5.75 Å². The minimum absolute atomic E-state index is 0.0449. The van der Waals surface area contributed by atoms with Crippen LogP contribution in [-0.4, -0.2) is 19.2 Å². The first-order valence-corrected chi connectivity index (χ1v) is 8.87. The second-order valence-electron chi connectivity index (χ2n) is 5.06. The number of fused-ring (bicyclic) bond motifs is 2. The van der Waals surface area contributed by atoms with Gasteiger partial charge in [-0.15, -0.1) is 0 Å². The lowest BCUT2D eigenvalue weighted by molar-refractivity contribution is -0.591. The molecule has 0 unspecified atom stereocenters. The third-order valence-electron chi connectivity index (χ3n) is 3.51. The number of aromatic nitrogens is 2. The highest BCUT2D eigenvalue weighted by atomic mass is 79.9. The molecule has 0 aliphatic carbocycles. The van der Waals surface area contributed by atoms with Gasteiger partial charge < -0.3 is 19.9 Å². The standard InChI is InChI=1S/C16H12Br2N2O5/c1-2-24-15(21)8-25-14-5-3-4-11-16(14)20(23)13-7-10(18)9(17)6-12(13)19(11)22/h3-7H,2,8H2,1H3. The second kappa shape index (κ2) is 7.01. The number of hydrogen-bond donors (Lipinski definition) is 0. The molecule has 0 amide bonds. The van der Waals surface area contributed by atoms with Gasteiger partial charge in [-0.25, -0.2) is 4.79 Å². The van der Waals surface area contributed by atoms with E-state index in [9.17, 15) is 15.2 Å². The van der Waals surface area contributed by atoms with Gasteiger partial charge in [0.25, 0.3) is 16.6 Å². The van der Waals surface area contributed by atoms with Gasteiger partial charge >= 0.3 is 11.5 Å².